The summed E-state index contributed by atoms with van der Waals surface area (Å²) in [5.74, 6) is -0.494. The molecule has 17 heavy (non-hydrogen) atoms. The highest BCUT2D eigenvalue weighted by Gasteiger charge is 2.28. The van der Waals surface area contributed by atoms with E-state index in [9.17, 15) is 9.59 Å². The normalized spacial score (nSPS) is 15.6. The summed E-state index contributed by atoms with van der Waals surface area (Å²) in [5.41, 5.74) is 2.31. The SMILES string of the molecule is CCCCC(C)c1ccc2c(c1)C(=O)C(=O)N2. The lowest BCUT2D eigenvalue weighted by atomic mass is 9.93. The molecule has 1 aliphatic rings. The maximum absolute atomic E-state index is 11.6. The number of ketones is 1. The Morgan fingerprint density at radius 3 is 2.76 bits per heavy atom. The first-order valence-corrected chi connectivity index (χ1v) is 6.13. The first-order chi connectivity index (χ1) is 8.13. The summed E-state index contributed by atoms with van der Waals surface area (Å²) in [4.78, 5) is 22.8. The van der Waals surface area contributed by atoms with E-state index in [1.54, 1.807) is 0 Å². The Balaban J connectivity index is 2.23. The van der Waals surface area contributed by atoms with Gasteiger partial charge in [0.1, 0.15) is 0 Å². The molecule has 2 rings (SSSR count). The minimum atomic E-state index is -0.515. The molecule has 0 fully saturated rings. The fraction of sp³-hybridized carbons (Fsp3) is 0.429. The zero-order valence-electron chi connectivity index (χ0n) is 10.2. The molecule has 0 aliphatic carbocycles. The summed E-state index contributed by atoms with van der Waals surface area (Å²) in [7, 11) is 0. The standard InChI is InChI=1S/C14H17NO2/c1-3-4-5-9(2)10-6-7-12-11(8-10)13(16)14(17)15-12/h6-9H,3-5H2,1-2H3,(H,15,16,17). The van der Waals surface area contributed by atoms with Gasteiger partial charge in [0, 0.05) is 0 Å². The van der Waals surface area contributed by atoms with Crippen molar-refractivity contribution >= 4 is 17.4 Å². The highest BCUT2D eigenvalue weighted by atomic mass is 16.2. The van der Waals surface area contributed by atoms with Crippen molar-refractivity contribution in [2.45, 2.75) is 39.0 Å². The molecular weight excluding hydrogens is 214 g/mol. The first-order valence-electron chi connectivity index (χ1n) is 6.13. The average Bonchev–Trinajstić information content (AvgIpc) is 2.62. The Labute approximate surface area is 101 Å². The molecule has 0 saturated heterocycles. The molecule has 90 valence electrons. The van der Waals surface area contributed by atoms with Crippen LogP contribution in [0, 0.1) is 0 Å². The summed E-state index contributed by atoms with van der Waals surface area (Å²) in [6.07, 6.45) is 3.47. The Morgan fingerprint density at radius 1 is 1.29 bits per heavy atom. The molecule has 0 saturated carbocycles. The van der Waals surface area contributed by atoms with Crippen molar-refractivity contribution in [3.05, 3.63) is 29.3 Å². The van der Waals surface area contributed by atoms with E-state index in [-0.39, 0.29) is 0 Å². The fourth-order valence-electron chi connectivity index (χ4n) is 2.14. The second-order valence-corrected chi connectivity index (χ2v) is 4.63. The molecule has 1 aliphatic heterocycles. The van der Waals surface area contributed by atoms with Gasteiger partial charge in [-0.3, -0.25) is 9.59 Å². The zero-order chi connectivity index (χ0) is 12.4. The molecule has 3 nitrogen and oxygen atoms in total. The van der Waals surface area contributed by atoms with Crippen LogP contribution in [-0.2, 0) is 4.79 Å². The molecule has 1 amide bonds. The van der Waals surface area contributed by atoms with E-state index in [2.05, 4.69) is 19.2 Å². The molecular formula is C14H17NO2. The third-order valence-electron chi connectivity index (χ3n) is 3.30. The maximum atomic E-state index is 11.6. The van der Waals surface area contributed by atoms with Crippen LogP contribution in [0.1, 0.15) is 54.9 Å². The maximum Gasteiger partial charge on any atom is 0.296 e. The Hall–Kier alpha value is -1.64. The summed E-state index contributed by atoms with van der Waals surface area (Å²) in [6.45, 7) is 4.33. The second kappa shape index (κ2) is 4.70. The van der Waals surface area contributed by atoms with Crippen LogP contribution in [0.3, 0.4) is 0 Å². The number of hydrogen-bond donors (Lipinski definition) is 1. The summed E-state index contributed by atoms with van der Waals surface area (Å²) in [6, 6.07) is 5.68. The van der Waals surface area contributed by atoms with Crippen LogP contribution in [-0.4, -0.2) is 11.7 Å². The van der Waals surface area contributed by atoms with Crippen molar-refractivity contribution in [1.29, 1.82) is 0 Å². The predicted molar refractivity (Wildman–Crippen MR) is 67.3 cm³/mol. The van der Waals surface area contributed by atoms with Crippen LogP contribution < -0.4 is 5.32 Å². The fourth-order valence-corrected chi connectivity index (χ4v) is 2.14. The van der Waals surface area contributed by atoms with Crippen LogP contribution >= 0.6 is 0 Å². The molecule has 1 aromatic rings. The zero-order valence-corrected chi connectivity index (χ0v) is 10.2. The highest BCUT2D eigenvalue weighted by Crippen LogP contribution is 2.29. The van der Waals surface area contributed by atoms with Crippen LogP contribution in [0.25, 0.3) is 0 Å². The van der Waals surface area contributed by atoms with E-state index in [1.165, 1.54) is 12.8 Å². The summed E-state index contributed by atoms with van der Waals surface area (Å²) in [5, 5.41) is 2.57. The average molecular weight is 231 g/mol. The van der Waals surface area contributed by atoms with Gasteiger partial charge in [-0.1, -0.05) is 32.8 Å². The number of benzene rings is 1. The van der Waals surface area contributed by atoms with Gasteiger partial charge < -0.3 is 5.32 Å². The number of Topliss-reactive ketones (excluding diaryl/α,β-unsaturated/α-hetero) is 1. The molecule has 1 heterocycles. The lowest BCUT2D eigenvalue weighted by Gasteiger charge is -2.12. The van der Waals surface area contributed by atoms with Crippen LogP contribution in [0.4, 0.5) is 5.69 Å². The van der Waals surface area contributed by atoms with Crippen LogP contribution in [0.5, 0.6) is 0 Å². The van der Waals surface area contributed by atoms with E-state index >= 15 is 0 Å². The van der Waals surface area contributed by atoms with Gasteiger partial charge in [0.05, 0.1) is 11.3 Å². The minimum absolute atomic E-state index is 0.412. The molecule has 0 spiro atoms. The van der Waals surface area contributed by atoms with Gasteiger partial charge in [-0.15, -0.1) is 0 Å². The van der Waals surface area contributed by atoms with E-state index in [1.807, 2.05) is 18.2 Å². The largest absolute Gasteiger partial charge is 0.318 e. The van der Waals surface area contributed by atoms with Crippen molar-refractivity contribution in [2.75, 3.05) is 5.32 Å². The minimum Gasteiger partial charge on any atom is -0.318 e. The topological polar surface area (TPSA) is 46.2 Å². The van der Waals surface area contributed by atoms with Gasteiger partial charge in [-0.2, -0.15) is 0 Å². The highest BCUT2D eigenvalue weighted by molar-refractivity contribution is 6.51. The molecule has 0 aromatic heterocycles. The summed E-state index contributed by atoms with van der Waals surface area (Å²) < 4.78 is 0. The van der Waals surface area contributed by atoms with Gasteiger partial charge in [0.15, 0.2) is 0 Å². The third kappa shape index (κ3) is 2.23. The lowest BCUT2D eigenvalue weighted by molar-refractivity contribution is -0.112. The van der Waals surface area contributed by atoms with E-state index in [4.69, 9.17) is 0 Å². The van der Waals surface area contributed by atoms with Crippen LogP contribution in [0.15, 0.2) is 18.2 Å². The lowest BCUT2D eigenvalue weighted by Crippen LogP contribution is -2.12. The second-order valence-electron chi connectivity index (χ2n) is 4.63. The Kier molecular flexibility index (Phi) is 3.27. The number of carbonyl (C=O) groups excluding carboxylic acids is 2. The molecule has 1 unspecified atom stereocenters. The quantitative estimate of drug-likeness (QED) is 0.809. The predicted octanol–water partition coefficient (Wildman–Crippen LogP) is 3.12. The van der Waals surface area contributed by atoms with Crippen LogP contribution in [0.2, 0.25) is 0 Å². The van der Waals surface area contributed by atoms with Gasteiger partial charge in [0.2, 0.25) is 0 Å². The third-order valence-corrected chi connectivity index (χ3v) is 3.30. The van der Waals surface area contributed by atoms with Gasteiger partial charge >= 0.3 is 0 Å². The number of carbonyl (C=O) groups is 2. The first kappa shape index (κ1) is 11.8. The smallest absolute Gasteiger partial charge is 0.296 e. The number of unbranched alkanes of at least 4 members (excludes halogenated alkanes) is 1. The molecule has 0 bridgehead atoms. The number of amides is 1. The molecule has 0 radical (unpaired) electrons. The number of anilines is 1. The van der Waals surface area contributed by atoms with E-state index in [0.29, 0.717) is 17.2 Å². The molecule has 1 N–H and O–H groups in total. The van der Waals surface area contributed by atoms with Gasteiger partial charge in [-0.05, 0) is 30.0 Å². The van der Waals surface area contributed by atoms with E-state index < -0.39 is 11.7 Å². The van der Waals surface area contributed by atoms with Crippen molar-refractivity contribution < 1.29 is 9.59 Å². The van der Waals surface area contributed by atoms with Crippen molar-refractivity contribution in [1.82, 2.24) is 0 Å². The number of hydrogen-bond acceptors (Lipinski definition) is 2. The molecule has 3 heteroatoms. The van der Waals surface area contributed by atoms with Crippen molar-refractivity contribution in [3.63, 3.8) is 0 Å². The van der Waals surface area contributed by atoms with Crippen molar-refractivity contribution in [2.24, 2.45) is 0 Å². The van der Waals surface area contributed by atoms with Gasteiger partial charge in [-0.25, -0.2) is 0 Å². The molecule has 1 aromatic carbocycles. The Bertz CT molecular complexity index is 465. The summed E-state index contributed by atoms with van der Waals surface area (Å²) >= 11 is 0. The number of nitrogens with one attached hydrogen (secondary N) is 1. The Morgan fingerprint density at radius 2 is 2.06 bits per heavy atom. The van der Waals surface area contributed by atoms with Crippen molar-refractivity contribution in [3.8, 4) is 0 Å². The number of rotatable bonds is 4. The molecule has 1 atom stereocenters. The van der Waals surface area contributed by atoms with E-state index in [0.717, 1.165) is 12.0 Å². The number of fused-ring (bicyclic) bond motifs is 1. The van der Waals surface area contributed by atoms with Gasteiger partial charge in [0.25, 0.3) is 11.7 Å². The monoisotopic (exact) mass is 231 g/mol.